The molecule has 2 aromatic carbocycles. The van der Waals surface area contributed by atoms with Crippen molar-refractivity contribution in [2.45, 2.75) is 6.61 Å². The molecule has 2 amide bonds. The predicted octanol–water partition coefficient (Wildman–Crippen LogP) is 1.69. The first-order valence-corrected chi connectivity index (χ1v) is 6.96. The lowest BCUT2D eigenvalue weighted by molar-refractivity contribution is -0.147. The highest BCUT2D eigenvalue weighted by atomic mass is 16.6. The molecule has 0 atom stereocenters. The summed E-state index contributed by atoms with van der Waals surface area (Å²) in [5.74, 6) is -1.38. The normalized spacial score (nSPS) is 12.5. The number of carbonyl (C=O) groups is 3. The summed E-state index contributed by atoms with van der Waals surface area (Å²) in [5.41, 5.74) is 1.25. The first kappa shape index (κ1) is 14.8. The van der Waals surface area contributed by atoms with E-state index in [1.807, 2.05) is 30.3 Å². The maximum Gasteiger partial charge on any atom is 0.344 e. The zero-order valence-corrected chi connectivity index (χ0v) is 12.1. The van der Waals surface area contributed by atoms with E-state index >= 15 is 0 Å². The Bertz CT molecular complexity index is 770. The number of hydrogen-bond acceptors (Lipinski definition) is 5. The molecule has 0 aliphatic carbocycles. The van der Waals surface area contributed by atoms with E-state index < -0.39 is 17.8 Å². The molecule has 0 aromatic heterocycles. The largest absolute Gasteiger partial charge is 0.481 e. The molecule has 0 spiro atoms. The van der Waals surface area contributed by atoms with Gasteiger partial charge in [-0.1, -0.05) is 36.4 Å². The van der Waals surface area contributed by atoms with Crippen molar-refractivity contribution < 1.29 is 23.9 Å². The summed E-state index contributed by atoms with van der Waals surface area (Å²) < 4.78 is 10.4. The van der Waals surface area contributed by atoms with Gasteiger partial charge in [-0.05, 0) is 17.7 Å². The number of amides is 2. The number of fused-ring (bicyclic) bond motifs is 1. The van der Waals surface area contributed by atoms with Crippen molar-refractivity contribution >= 4 is 17.8 Å². The van der Waals surface area contributed by atoms with Crippen LogP contribution in [-0.2, 0) is 16.1 Å². The Morgan fingerprint density at radius 3 is 2.52 bits per heavy atom. The smallest absolute Gasteiger partial charge is 0.344 e. The van der Waals surface area contributed by atoms with E-state index in [2.05, 4.69) is 5.32 Å². The third kappa shape index (κ3) is 3.21. The molecule has 6 nitrogen and oxygen atoms in total. The Morgan fingerprint density at radius 1 is 0.957 bits per heavy atom. The van der Waals surface area contributed by atoms with Gasteiger partial charge in [0.2, 0.25) is 0 Å². The molecule has 1 aliphatic heterocycles. The fraction of sp³-hybridized carbons (Fsp3) is 0.118. The molecule has 0 bridgehead atoms. The van der Waals surface area contributed by atoms with Gasteiger partial charge in [0.25, 0.3) is 11.8 Å². The van der Waals surface area contributed by atoms with Gasteiger partial charge in [-0.25, -0.2) is 4.79 Å². The van der Waals surface area contributed by atoms with Crippen molar-refractivity contribution in [2.75, 3.05) is 6.61 Å². The van der Waals surface area contributed by atoms with Crippen LogP contribution in [0.1, 0.15) is 26.3 Å². The maximum absolute atomic E-state index is 11.7. The fourth-order valence-corrected chi connectivity index (χ4v) is 2.22. The number of ether oxygens (including phenoxy) is 2. The topological polar surface area (TPSA) is 81.7 Å². The monoisotopic (exact) mass is 311 g/mol. The SMILES string of the molecule is O=C(COc1cccc2c1C(=O)NC2=O)OCc1ccccc1. The van der Waals surface area contributed by atoms with Gasteiger partial charge in [-0.2, -0.15) is 0 Å². The van der Waals surface area contributed by atoms with Crippen molar-refractivity contribution in [1.29, 1.82) is 0 Å². The van der Waals surface area contributed by atoms with Gasteiger partial charge in [-0.15, -0.1) is 0 Å². The zero-order chi connectivity index (χ0) is 16.2. The van der Waals surface area contributed by atoms with E-state index in [0.29, 0.717) is 0 Å². The van der Waals surface area contributed by atoms with Crippen LogP contribution in [0.15, 0.2) is 48.5 Å². The first-order chi connectivity index (χ1) is 11.1. The van der Waals surface area contributed by atoms with Gasteiger partial charge in [0.15, 0.2) is 6.61 Å². The van der Waals surface area contributed by atoms with Gasteiger partial charge >= 0.3 is 5.97 Å². The highest BCUT2D eigenvalue weighted by Gasteiger charge is 2.30. The predicted molar refractivity (Wildman–Crippen MR) is 80.0 cm³/mol. The number of hydrogen-bond donors (Lipinski definition) is 1. The average Bonchev–Trinajstić information content (AvgIpc) is 2.87. The Hall–Kier alpha value is -3.15. The molecule has 23 heavy (non-hydrogen) atoms. The molecule has 1 heterocycles. The summed E-state index contributed by atoms with van der Waals surface area (Å²) in [6, 6.07) is 13.9. The lowest BCUT2D eigenvalue weighted by Crippen LogP contribution is -2.20. The minimum absolute atomic E-state index is 0.147. The van der Waals surface area contributed by atoms with Gasteiger partial charge in [0, 0.05) is 0 Å². The zero-order valence-electron chi connectivity index (χ0n) is 12.1. The Balaban J connectivity index is 1.60. The number of esters is 1. The van der Waals surface area contributed by atoms with E-state index in [-0.39, 0.29) is 30.1 Å². The molecule has 0 saturated carbocycles. The van der Waals surface area contributed by atoms with Gasteiger partial charge in [-0.3, -0.25) is 14.9 Å². The van der Waals surface area contributed by atoms with Crippen LogP contribution in [0.3, 0.4) is 0 Å². The van der Waals surface area contributed by atoms with Crippen molar-refractivity contribution in [3.05, 3.63) is 65.2 Å². The Morgan fingerprint density at radius 2 is 1.74 bits per heavy atom. The number of carbonyl (C=O) groups excluding carboxylic acids is 3. The fourth-order valence-electron chi connectivity index (χ4n) is 2.22. The molecule has 3 rings (SSSR count). The van der Waals surface area contributed by atoms with Gasteiger partial charge < -0.3 is 9.47 Å². The van der Waals surface area contributed by atoms with Crippen LogP contribution in [0.25, 0.3) is 0 Å². The summed E-state index contributed by atoms with van der Waals surface area (Å²) in [7, 11) is 0. The van der Waals surface area contributed by atoms with Crippen molar-refractivity contribution in [1.82, 2.24) is 5.32 Å². The van der Waals surface area contributed by atoms with E-state index in [4.69, 9.17) is 9.47 Å². The Kier molecular flexibility index (Phi) is 4.05. The molecular weight excluding hydrogens is 298 g/mol. The summed E-state index contributed by atoms with van der Waals surface area (Å²) in [4.78, 5) is 35.0. The third-order valence-electron chi connectivity index (χ3n) is 3.31. The standard InChI is InChI=1S/C17H13NO5/c19-14(23-9-11-5-2-1-3-6-11)10-22-13-8-4-7-12-15(13)17(21)18-16(12)20/h1-8H,9-10H2,(H,18,20,21). The molecule has 1 aliphatic rings. The first-order valence-electron chi connectivity index (χ1n) is 6.96. The molecule has 2 aromatic rings. The molecular formula is C17H13NO5. The second-order valence-electron chi connectivity index (χ2n) is 4.90. The summed E-state index contributed by atoms with van der Waals surface area (Å²) in [6.45, 7) is -0.195. The van der Waals surface area contributed by atoms with Crippen LogP contribution >= 0.6 is 0 Å². The van der Waals surface area contributed by atoms with E-state index in [9.17, 15) is 14.4 Å². The van der Waals surface area contributed by atoms with Crippen molar-refractivity contribution in [2.24, 2.45) is 0 Å². The second kappa shape index (κ2) is 6.31. The maximum atomic E-state index is 11.7. The molecule has 6 heteroatoms. The van der Waals surface area contributed by atoms with E-state index in [1.165, 1.54) is 12.1 Å². The van der Waals surface area contributed by atoms with Crippen LogP contribution in [0, 0.1) is 0 Å². The minimum atomic E-state index is -0.559. The molecule has 116 valence electrons. The van der Waals surface area contributed by atoms with Crippen LogP contribution in [0.2, 0.25) is 0 Å². The highest BCUT2D eigenvalue weighted by Crippen LogP contribution is 2.26. The van der Waals surface area contributed by atoms with E-state index in [0.717, 1.165) is 5.56 Å². The summed E-state index contributed by atoms with van der Waals surface area (Å²) >= 11 is 0. The highest BCUT2D eigenvalue weighted by molar-refractivity contribution is 6.22. The van der Waals surface area contributed by atoms with Crippen LogP contribution in [0.5, 0.6) is 5.75 Å². The second-order valence-corrected chi connectivity index (χ2v) is 4.90. The molecule has 0 fully saturated rings. The Labute approximate surface area is 132 Å². The number of imide groups is 1. The van der Waals surface area contributed by atoms with Crippen LogP contribution in [0.4, 0.5) is 0 Å². The number of benzene rings is 2. The van der Waals surface area contributed by atoms with Crippen LogP contribution in [-0.4, -0.2) is 24.4 Å². The summed E-state index contributed by atoms with van der Waals surface area (Å²) in [5, 5.41) is 2.18. The summed E-state index contributed by atoms with van der Waals surface area (Å²) in [6.07, 6.45) is 0. The third-order valence-corrected chi connectivity index (χ3v) is 3.31. The lowest BCUT2D eigenvalue weighted by atomic mass is 10.1. The quantitative estimate of drug-likeness (QED) is 0.671. The van der Waals surface area contributed by atoms with Crippen molar-refractivity contribution in [3.63, 3.8) is 0 Å². The minimum Gasteiger partial charge on any atom is -0.481 e. The molecule has 0 unspecified atom stereocenters. The van der Waals surface area contributed by atoms with Crippen molar-refractivity contribution in [3.8, 4) is 5.75 Å². The number of rotatable bonds is 5. The van der Waals surface area contributed by atoms with Crippen LogP contribution < -0.4 is 10.1 Å². The van der Waals surface area contributed by atoms with Gasteiger partial charge in [0.05, 0.1) is 11.1 Å². The molecule has 0 saturated heterocycles. The van der Waals surface area contributed by atoms with E-state index in [1.54, 1.807) is 6.07 Å². The molecule has 0 radical (unpaired) electrons. The average molecular weight is 311 g/mol. The van der Waals surface area contributed by atoms with Gasteiger partial charge in [0.1, 0.15) is 12.4 Å². The molecule has 1 N–H and O–H groups in total. The number of nitrogens with one attached hydrogen (secondary N) is 1. The lowest BCUT2D eigenvalue weighted by Gasteiger charge is -2.09.